The maximum absolute atomic E-state index is 13.0. The van der Waals surface area contributed by atoms with Gasteiger partial charge in [0, 0.05) is 19.2 Å². The van der Waals surface area contributed by atoms with Crippen LogP contribution >= 0.6 is 0 Å². The fourth-order valence-electron chi connectivity index (χ4n) is 2.96. The molecule has 0 amide bonds. The topological polar surface area (TPSA) is 210 Å². The highest BCUT2D eigenvalue weighted by Crippen LogP contribution is 2.52. The van der Waals surface area contributed by atoms with E-state index < -0.39 is 73.4 Å². The Bertz CT molecular complexity index is 1170. The summed E-state index contributed by atoms with van der Waals surface area (Å²) in [5.74, 6) is 0. The Balaban J connectivity index is 2.53. The van der Waals surface area contributed by atoms with Gasteiger partial charge in [0.15, 0.2) is 0 Å². The molecule has 1 aliphatic heterocycles. The van der Waals surface area contributed by atoms with Crippen LogP contribution in [0, 0.1) is 40.5 Å². The summed E-state index contributed by atoms with van der Waals surface area (Å²) < 4.78 is 26.0. The number of nitro groups is 4. The van der Waals surface area contributed by atoms with Crippen molar-refractivity contribution in [2.45, 2.75) is 9.79 Å². The molecule has 150 valence electrons. The van der Waals surface area contributed by atoms with Crippen molar-refractivity contribution in [3.8, 4) is 0 Å². The van der Waals surface area contributed by atoms with E-state index in [2.05, 4.69) is 0 Å². The molecular weight excluding hydrogens is 418 g/mol. The van der Waals surface area contributed by atoms with E-state index in [0.29, 0.717) is 24.3 Å². The zero-order valence-electron chi connectivity index (χ0n) is 14.0. The van der Waals surface area contributed by atoms with Crippen molar-refractivity contribution in [1.29, 1.82) is 0 Å². The van der Waals surface area contributed by atoms with E-state index in [9.17, 15) is 48.9 Å². The highest BCUT2D eigenvalue weighted by Gasteiger charge is 2.44. The molecule has 15 nitrogen and oxygen atoms in total. The standard InChI is InChI=1S/C13H7N5O10S/c1-14-12-8(17(23)24)2-6(15(19)20)4-10(12)29(27,28)11-5-7(16(21)22)3-9(13(11)14)18(25)26/h2-5H,1H3. The molecule has 0 unspecified atom stereocenters. The van der Waals surface area contributed by atoms with Gasteiger partial charge in [0.25, 0.3) is 11.4 Å². The Hall–Kier alpha value is -4.21. The first-order valence-electron chi connectivity index (χ1n) is 7.30. The second-order valence-electron chi connectivity index (χ2n) is 5.71. The molecule has 0 radical (unpaired) electrons. The average Bonchev–Trinajstić information content (AvgIpc) is 2.63. The van der Waals surface area contributed by atoms with Crippen LogP contribution in [0.5, 0.6) is 0 Å². The van der Waals surface area contributed by atoms with Gasteiger partial charge in [0.1, 0.15) is 21.2 Å². The van der Waals surface area contributed by atoms with Crippen LogP contribution in [-0.4, -0.2) is 35.2 Å². The van der Waals surface area contributed by atoms with Crippen molar-refractivity contribution in [3.05, 3.63) is 64.7 Å². The summed E-state index contributed by atoms with van der Waals surface area (Å²) in [7, 11) is -3.74. The van der Waals surface area contributed by atoms with Gasteiger partial charge in [-0.1, -0.05) is 0 Å². The molecule has 16 heteroatoms. The lowest BCUT2D eigenvalue weighted by molar-refractivity contribution is -0.394. The normalized spacial score (nSPS) is 13.9. The number of nitrogens with zero attached hydrogens (tertiary/aromatic N) is 5. The number of hydrogen-bond acceptors (Lipinski definition) is 11. The van der Waals surface area contributed by atoms with Crippen molar-refractivity contribution in [2.24, 2.45) is 0 Å². The number of non-ortho nitro benzene ring substituents is 2. The highest BCUT2D eigenvalue weighted by atomic mass is 32.2. The van der Waals surface area contributed by atoms with Gasteiger partial charge in [-0.3, -0.25) is 40.5 Å². The Labute approximate surface area is 159 Å². The summed E-state index contributed by atoms with van der Waals surface area (Å²) in [5.41, 5.74) is -5.03. The van der Waals surface area contributed by atoms with Gasteiger partial charge in [-0.05, 0) is 0 Å². The molecule has 0 spiro atoms. The Morgan fingerprint density at radius 1 is 0.690 bits per heavy atom. The van der Waals surface area contributed by atoms with Crippen LogP contribution in [0.1, 0.15) is 0 Å². The SMILES string of the molecule is CN1c2c([N+](=O)[O-])cc([N+](=O)[O-])cc2S(=O)(=O)c2cc([N+](=O)[O-])cc([N+](=O)[O-])c21. The molecule has 0 atom stereocenters. The van der Waals surface area contributed by atoms with Gasteiger partial charge in [-0.2, -0.15) is 0 Å². The molecule has 29 heavy (non-hydrogen) atoms. The number of anilines is 2. The van der Waals surface area contributed by atoms with Crippen molar-refractivity contribution in [3.63, 3.8) is 0 Å². The van der Waals surface area contributed by atoms with Gasteiger partial charge in [-0.25, -0.2) is 8.42 Å². The van der Waals surface area contributed by atoms with E-state index in [-0.39, 0.29) is 0 Å². The molecule has 3 rings (SSSR count). The summed E-state index contributed by atoms with van der Waals surface area (Å²) in [6, 6.07) is 2.16. The lowest BCUT2D eigenvalue weighted by Crippen LogP contribution is -2.25. The first-order valence-corrected chi connectivity index (χ1v) is 8.78. The first-order chi connectivity index (χ1) is 13.4. The second kappa shape index (κ2) is 6.16. The lowest BCUT2D eigenvalue weighted by atomic mass is 10.1. The quantitative estimate of drug-likeness (QED) is 0.511. The van der Waals surface area contributed by atoms with Crippen LogP contribution in [-0.2, 0) is 9.84 Å². The Kier molecular flexibility index (Phi) is 4.15. The molecule has 0 aliphatic carbocycles. The summed E-state index contributed by atoms with van der Waals surface area (Å²) in [5, 5.41) is 45.0. The molecule has 0 saturated heterocycles. The van der Waals surface area contributed by atoms with Gasteiger partial charge < -0.3 is 4.90 Å². The molecule has 0 bridgehead atoms. The fourth-order valence-corrected chi connectivity index (χ4v) is 4.74. The zero-order valence-corrected chi connectivity index (χ0v) is 14.9. The molecule has 1 heterocycles. The van der Waals surface area contributed by atoms with Crippen molar-refractivity contribution >= 4 is 44.0 Å². The molecule has 0 aromatic heterocycles. The molecule has 2 aromatic carbocycles. The molecule has 0 fully saturated rings. The molecule has 0 saturated carbocycles. The smallest absolute Gasteiger partial charge is 0.301 e. The van der Waals surface area contributed by atoms with Crippen LogP contribution < -0.4 is 4.90 Å². The minimum atomic E-state index is -4.82. The fraction of sp³-hybridized carbons (Fsp3) is 0.0769. The van der Waals surface area contributed by atoms with E-state index in [4.69, 9.17) is 0 Å². The summed E-state index contributed by atoms with van der Waals surface area (Å²) in [6.07, 6.45) is 0. The Morgan fingerprint density at radius 2 is 1.03 bits per heavy atom. The van der Waals surface area contributed by atoms with E-state index in [1.54, 1.807) is 0 Å². The summed E-state index contributed by atoms with van der Waals surface area (Å²) >= 11 is 0. The number of rotatable bonds is 4. The van der Waals surface area contributed by atoms with Crippen molar-refractivity contribution in [1.82, 2.24) is 0 Å². The monoisotopic (exact) mass is 425 g/mol. The van der Waals surface area contributed by atoms with Crippen LogP contribution in [0.2, 0.25) is 0 Å². The Morgan fingerprint density at radius 3 is 1.31 bits per heavy atom. The van der Waals surface area contributed by atoms with Gasteiger partial charge in [0.2, 0.25) is 9.84 Å². The predicted molar refractivity (Wildman–Crippen MR) is 93.0 cm³/mol. The maximum atomic E-state index is 13.0. The number of sulfone groups is 1. The number of hydrogen-bond donors (Lipinski definition) is 0. The minimum absolute atomic E-state index is 0.521. The molecular formula is C13H7N5O10S. The second-order valence-corrected chi connectivity index (χ2v) is 7.60. The maximum Gasteiger partial charge on any atom is 0.301 e. The zero-order chi connectivity index (χ0) is 21.8. The molecule has 1 aliphatic rings. The van der Waals surface area contributed by atoms with Gasteiger partial charge in [-0.15, -0.1) is 0 Å². The largest absolute Gasteiger partial charge is 0.331 e. The van der Waals surface area contributed by atoms with Crippen LogP contribution in [0.25, 0.3) is 0 Å². The van der Waals surface area contributed by atoms with E-state index in [0.717, 1.165) is 11.9 Å². The van der Waals surface area contributed by atoms with Gasteiger partial charge >= 0.3 is 11.4 Å². The predicted octanol–water partition coefficient (Wildman–Crippen LogP) is 2.23. The van der Waals surface area contributed by atoms with E-state index in [1.165, 1.54) is 0 Å². The summed E-state index contributed by atoms with van der Waals surface area (Å²) in [6.45, 7) is 0. The lowest BCUT2D eigenvalue weighted by Gasteiger charge is -2.28. The van der Waals surface area contributed by atoms with Crippen LogP contribution in [0.15, 0.2) is 34.1 Å². The van der Waals surface area contributed by atoms with Crippen LogP contribution in [0.4, 0.5) is 34.1 Å². The summed E-state index contributed by atoms with van der Waals surface area (Å²) in [4.78, 5) is 39.8. The van der Waals surface area contributed by atoms with Crippen molar-refractivity contribution < 1.29 is 28.1 Å². The van der Waals surface area contributed by atoms with Crippen molar-refractivity contribution in [2.75, 3.05) is 11.9 Å². The highest BCUT2D eigenvalue weighted by molar-refractivity contribution is 7.92. The first kappa shape index (κ1) is 19.5. The van der Waals surface area contributed by atoms with E-state index in [1.807, 2.05) is 0 Å². The van der Waals surface area contributed by atoms with E-state index >= 15 is 0 Å². The molecule has 2 aromatic rings. The van der Waals surface area contributed by atoms with Gasteiger partial charge in [0.05, 0.1) is 31.8 Å². The third kappa shape index (κ3) is 2.78. The number of nitro benzene ring substituents is 4. The average molecular weight is 425 g/mol. The minimum Gasteiger partial charge on any atom is -0.331 e. The van der Waals surface area contributed by atoms with Crippen LogP contribution in [0.3, 0.4) is 0 Å². The number of benzene rings is 2. The molecule has 0 N–H and O–H groups in total. The third-order valence-electron chi connectivity index (χ3n) is 4.14. The number of fused-ring (bicyclic) bond motifs is 2. The third-order valence-corrected chi connectivity index (χ3v) is 5.92.